The van der Waals surface area contributed by atoms with Crippen LogP contribution in [-0.4, -0.2) is 47.7 Å². The first-order valence-corrected chi connectivity index (χ1v) is 13.2. The van der Waals surface area contributed by atoms with Gasteiger partial charge in [0.15, 0.2) is 5.75 Å². The van der Waals surface area contributed by atoms with Crippen LogP contribution in [0.25, 0.3) is 22.2 Å². The molecule has 0 saturated carbocycles. The smallest absolute Gasteiger partial charge is 0.398 e. The molecule has 14 heteroatoms. The minimum absolute atomic E-state index is 0.00356. The van der Waals surface area contributed by atoms with Crippen LogP contribution in [0.15, 0.2) is 54.6 Å². The first-order valence-electron chi connectivity index (χ1n) is 13.2. The van der Waals surface area contributed by atoms with Crippen molar-refractivity contribution < 1.29 is 45.4 Å². The number of pyridine rings is 2. The maximum atomic E-state index is 14.5. The van der Waals surface area contributed by atoms with Crippen molar-refractivity contribution in [2.75, 3.05) is 13.2 Å². The first kappa shape index (κ1) is 30.6. The highest BCUT2D eigenvalue weighted by molar-refractivity contribution is 6.00. The molecule has 1 aliphatic heterocycles. The molecule has 44 heavy (non-hydrogen) atoms. The third-order valence-electron chi connectivity index (χ3n) is 7.05. The Labute approximate surface area is 246 Å². The number of aromatic nitrogens is 2. The highest BCUT2D eigenvalue weighted by Gasteiger charge is 2.43. The third-order valence-corrected chi connectivity index (χ3v) is 7.05. The number of nitrogens with two attached hydrogens (primary N) is 1. The summed E-state index contributed by atoms with van der Waals surface area (Å²) in [6, 6.07) is 11.4. The van der Waals surface area contributed by atoms with E-state index in [9.17, 15) is 35.9 Å². The van der Waals surface area contributed by atoms with E-state index < -0.39 is 60.2 Å². The topological polar surface area (TPSA) is 116 Å². The molecule has 230 valence electrons. The lowest BCUT2D eigenvalue weighted by molar-refractivity contribution is -0.149. The summed E-state index contributed by atoms with van der Waals surface area (Å²) >= 11 is 0. The summed E-state index contributed by atoms with van der Waals surface area (Å²) in [5.41, 5.74) is 5.69. The minimum atomic E-state index is -4.91. The number of fused-ring (bicyclic) bond motifs is 2. The molecular formula is C30H24F6N4O4. The van der Waals surface area contributed by atoms with Crippen molar-refractivity contribution in [2.24, 2.45) is 5.73 Å². The Morgan fingerprint density at radius 2 is 1.82 bits per heavy atom. The second-order valence-electron chi connectivity index (χ2n) is 10.2. The van der Waals surface area contributed by atoms with Crippen molar-refractivity contribution in [2.45, 2.75) is 38.0 Å². The lowest BCUT2D eigenvalue weighted by atomic mass is 9.92. The predicted molar refractivity (Wildman–Crippen MR) is 146 cm³/mol. The van der Waals surface area contributed by atoms with Gasteiger partial charge in [0.25, 0.3) is 5.91 Å². The number of amides is 2. The molecule has 0 spiro atoms. The monoisotopic (exact) mass is 618 g/mol. The zero-order valence-corrected chi connectivity index (χ0v) is 22.9. The average molecular weight is 619 g/mol. The van der Waals surface area contributed by atoms with Crippen LogP contribution in [0.1, 0.15) is 45.6 Å². The van der Waals surface area contributed by atoms with Gasteiger partial charge in [0, 0.05) is 46.7 Å². The van der Waals surface area contributed by atoms with Crippen molar-refractivity contribution >= 4 is 22.7 Å². The number of hydrogen-bond acceptors (Lipinski definition) is 6. The number of nitrogens with one attached hydrogen (secondary N) is 1. The van der Waals surface area contributed by atoms with E-state index in [0.717, 1.165) is 24.3 Å². The lowest BCUT2D eigenvalue weighted by Gasteiger charge is -2.22. The number of rotatable bonds is 9. The van der Waals surface area contributed by atoms with Gasteiger partial charge in [-0.3, -0.25) is 9.59 Å². The van der Waals surface area contributed by atoms with Crippen molar-refractivity contribution in [3.63, 3.8) is 0 Å². The lowest BCUT2D eigenvalue weighted by Crippen LogP contribution is -2.35. The van der Waals surface area contributed by atoms with Gasteiger partial charge in [-0.25, -0.2) is 14.4 Å². The van der Waals surface area contributed by atoms with Crippen molar-refractivity contribution in [3.05, 3.63) is 82.9 Å². The van der Waals surface area contributed by atoms with Gasteiger partial charge in [-0.1, -0.05) is 6.07 Å². The fraction of sp³-hybridized carbons (Fsp3) is 0.267. The Balaban J connectivity index is 1.51. The van der Waals surface area contributed by atoms with Gasteiger partial charge in [-0.2, -0.15) is 22.0 Å². The van der Waals surface area contributed by atoms with Crippen LogP contribution in [-0.2, 0) is 4.79 Å². The molecule has 2 aromatic heterocycles. The van der Waals surface area contributed by atoms with Gasteiger partial charge >= 0.3 is 12.8 Å². The Hall–Kier alpha value is -4.88. The van der Waals surface area contributed by atoms with E-state index in [2.05, 4.69) is 20.0 Å². The summed E-state index contributed by atoms with van der Waals surface area (Å²) in [5.74, 6) is -5.53. The van der Waals surface area contributed by atoms with Gasteiger partial charge in [0.2, 0.25) is 5.91 Å². The molecule has 2 aromatic carbocycles. The molecule has 1 aliphatic rings. The SMILES string of the molecule is Cc1ccc2cc(C(=O)NC[C@H](c3cc4c(c(-c5ccc(F)cc5)n3)OC[C@H]4CC(N)=O)C(F)(F)F)cc(OC(F)F)c2n1. The maximum Gasteiger partial charge on any atom is 0.398 e. The van der Waals surface area contributed by atoms with E-state index in [1.165, 1.54) is 24.3 Å². The Morgan fingerprint density at radius 3 is 2.48 bits per heavy atom. The standard InChI is InChI=1S/C30H24F6N4O4/c1-14-2-3-16-8-17(9-23(25(16)39-14)44-29(32)33)28(42)38-12-21(30(34,35)36)22-11-20-18(10-24(37)41)13-43-27(20)26(40-22)15-4-6-19(31)7-5-15/h2-9,11,18,21,29H,10,12-13H2,1H3,(H2,37,41)(H,38,42)/t18-,21-/m1/s1. The molecule has 8 nitrogen and oxygen atoms in total. The molecule has 0 fully saturated rings. The second-order valence-corrected chi connectivity index (χ2v) is 10.2. The van der Waals surface area contributed by atoms with Gasteiger partial charge in [0.1, 0.15) is 28.7 Å². The Morgan fingerprint density at radius 1 is 1.09 bits per heavy atom. The van der Waals surface area contributed by atoms with Crippen LogP contribution >= 0.6 is 0 Å². The van der Waals surface area contributed by atoms with Gasteiger partial charge in [-0.15, -0.1) is 0 Å². The van der Waals surface area contributed by atoms with Crippen LogP contribution < -0.4 is 20.5 Å². The highest BCUT2D eigenvalue weighted by atomic mass is 19.4. The molecule has 0 radical (unpaired) electrons. The molecule has 0 unspecified atom stereocenters. The highest BCUT2D eigenvalue weighted by Crippen LogP contribution is 2.45. The molecule has 5 rings (SSSR count). The zero-order chi connectivity index (χ0) is 31.8. The van der Waals surface area contributed by atoms with E-state index in [-0.39, 0.29) is 52.1 Å². The summed E-state index contributed by atoms with van der Waals surface area (Å²) in [5, 5.41) is 2.48. The van der Waals surface area contributed by atoms with Crippen molar-refractivity contribution in [1.82, 2.24) is 15.3 Å². The number of carbonyl (C=O) groups is 2. The maximum absolute atomic E-state index is 14.5. The van der Waals surface area contributed by atoms with Crippen molar-refractivity contribution in [1.29, 1.82) is 0 Å². The van der Waals surface area contributed by atoms with Crippen LogP contribution in [0, 0.1) is 12.7 Å². The number of alkyl halides is 5. The number of halogens is 6. The summed E-state index contributed by atoms with van der Waals surface area (Å²) in [6.45, 7) is -2.63. The number of benzene rings is 2. The number of aryl methyl sites for hydroxylation is 1. The van der Waals surface area contributed by atoms with Crippen LogP contribution in [0.3, 0.4) is 0 Å². The van der Waals surface area contributed by atoms with Gasteiger partial charge < -0.3 is 20.5 Å². The zero-order valence-electron chi connectivity index (χ0n) is 22.9. The van der Waals surface area contributed by atoms with Crippen LogP contribution in [0.5, 0.6) is 11.5 Å². The van der Waals surface area contributed by atoms with E-state index in [1.54, 1.807) is 13.0 Å². The molecule has 2 atom stereocenters. The number of ether oxygens (including phenoxy) is 2. The van der Waals surface area contributed by atoms with Crippen LogP contribution in [0.4, 0.5) is 26.3 Å². The van der Waals surface area contributed by atoms with E-state index in [4.69, 9.17) is 10.5 Å². The molecule has 0 aliphatic carbocycles. The largest absolute Gasteiger partial charge is 0.490 e. The quantitative estimate of drug-likeness (QED) is 0.230. The normalized spacial score (nSPS) is 15.1. The number of carbonyl (C=O) groups excluding carboxylic acids is 2. The molecule has 3 heterocycles. The molecule has 3 N–H and O–H groups in total. The number of primary amides is 1. The summed E-state index contributed by atoms with van der Waals surface area (Å²) in [6.07, 6.45) is -5.12. The Kier molecular flexibility index (Phi) is 8.35. The number of hydrogen-bond donors (Lipinski definition) is 2. The van der Waals surface area contributed by atoms with Gasteiger partial charge in [-0.05, 0) is 55.5 Å². The summed E-state index contributed by atoms with van der Waals surface area (Å²) < 4.78 is 93.5. The van der Waals surface area contributed by atoms with Gasteiger partial charge in [0.05, 0.1) is 12.3 Å². The molecular weight excluding hydrogens is 594 g/mol. The van der Waals surface area contributed by atoms with Crippen LogP contribution in [0.2, 0.25) is 0 Å². The first-order chi connectivity index (χ1) is 20.8. The second kappa shape index (κ2) is 12.0. The summed E-state index contributed by atoms with van der Waals surface area (Å²) in [7, 11) is 0. The predicted octanol–water partition coefficient (Wildman–Crippen LogP) is 5.77. The average Bonchev–Trinajstić information content (AvgIpc) is 3.34. The fourth-order valence-corrected chi connectivity index (χ4v) is 5.00. The minimum Gasteiger partial charge on any atom is -0.490 e. The van der Waals surface area contributed by atoms with E-state index in [1.807, 2.05) is 0 Å². The molecule has 0 saturated heterocycles. The van der Waals surface area contributed by atoms with E-state index >= 15 is 0 Å². The molecule has 0 bridgehead atoms. The van der Waals surface area contributed by atoms with E-state index in [0.29, 0.717) is 5.69 Å². The molecule has 2 amide bonds. The number of nitrogens with zero attached hydrogens (tertiary/aromatic N) is 2. The summed E-state index contributed by atoms with van der Waals surface area (Å²) in [4.78, 5) is 33.1. The third kappa shape index (κ3) is 6.53. The molecule has 4 aromatic rings. The fourth-order valence-electron chi connectivity index (χ4n) is 5.00. The Bertz CT molecular complexity index is 1730. The van der Waals surface area contributed by atoms with Crippen molar-refractivity contribution in [3.8, 4) is 22.8 Å².